The third-order valence-corrected chi connectivity index (χ3v) is 4.08. The first kappa shape index (κ1) is 37.8. The van der Waals surface area contributed by atoms with Gasteiger partial charge in [0.1, 0.15) is 11.5 Å². The van der Waals surface area contributed by atoms with Gasteiger partial charge in [-0.15, -0.1) is 0 Å². The average Bonchev–Trinajstić information content (AvgIpc) is 2.80. The molecular formula is C28H52N2O3. The van der Waals surface area contributed by atoms with Crippen LogP contribution in [0.1, 0.15) is 79.4 Å². The Morgan fingerprint density at radius 1 is 1.15 bits per heavy atom. The number of hydrogen-bond acceptors (Lipinski definition) is 5. The molecule has 0 radical (unpaired) electrons. The van der Waals surface area contributed by atoms with E-state index in [-0.39, 0.29) is 11.9 Å². The maximum absolute atomic E-state index is 10.2. The number of nitrogens with one attached hydrogen (secondary N) is 1. The van der Waals surface area contributed by atoms with E-state index in [0.717, 1.165) is 35.1 Å². The highest BCUT2D eigenvalue weighted by Crippen LogP contribution is 2.23. The molecule has 0 aromatic heterocycles. The fourth-order valence-corrected chi connectivity index (χ4v) is 2.18. The summed E-state index contributed by atoms with van der Waals surface area (Å²) in [5.74, 6) is 1.53. The minimum absolute atomic E-state index is 0.201. The molecule has 0 saturated heterocycles. The summed E-state index contributed by atoms with van der Waals surface area (Å²) in [6.07, 6.45) is 4.76. The van der Waals surface area contributed by atoms with E-state index in [0.29, 0.717) is 18.1 Å². The fraction of sp³-hybridized carbons (Fsp3) is 0.536. The number of aliphatic hydroxyl groups is 2. The molecule has 1 unspecified atom stereocenters. The Morgan fingerprint density at radius 2 is 1.61 bits per heavy atom. The van der Waals surface area contributed by atoms with Crippen molar-refractivity contribution in [2.24, 2.45) is 11.7 Å². The van der Waals surface area contributed by atoms with Crippen molar-refractivity contribution < 1.29 is 14.9 Å². The molecule has 0 fully saturated rings. The Morgan fingerprint density at radius 3 is 1.94 bits per heavy atom. The van der Waals surface area contributed by atoms with E-state index in [9.17, 15) is 10.2 Å². The SMILES string of the molecule is C=C(O)CCc1ccc(OC(C)/C(O)=C(/C)C(C)C)cc1C.C=CC=N.CC.CCC.CN. The third-order valence-electron chi connectivity index (χ3n) is 4.08. The highest BCUT2D eigenvalue weighted by Gasteiger charge is 2.14. The van der Waals surface area contributed by atoms with Crippen LogP contribution in [0.2, 0.25) is 0 Å². The summed E-state index contributed by atoms with van der Waals surface area (Å²) < 4.78 is 5.83. The van der Waals surface area contributed by atoms with Crippen molar-refractivity contribution in [2.75, 3.05) is 7.05 Å². The van der Waals surface area contributed by atoms with Crippen molar-refractivity contribution in [3.05, 3.63) is 65.7 Å². The molecular weight excluding hydrogens is 412 g/mol. The Bertz CT molecular complexity index is 659. The summed E-state index contributed by atoms with van der Waals surface area (Å²) >= 11 is 0. The summed E-state index contributed by atoms with van der Waals surface area (Å²) in [4.78, 5) is 0. The normalized spacial score (nSPS) is 10.7. The zero-order valence-corrected chi connectivity index (χ0v) is 23.0. The molecule has 33 heavy (non-hydrogen) atoms. The highest BCUT2D eigenvalue weighted by atomic mass is 16.5. The molecule has 192 valence electrons. The number of allylic oxidation sites excluding steroid dienone is 3. The fourth-order valence-electron chi connectivity index (χ4n) is 2.18. The van der Waals surface area contributed by atoms with Crippen LogP contribution >= 0.6 is 0 Å². The van der Waals surface area contributed by atoms with Gasteiger partial charge in [0.25, 0.3) is 0 Å². The van der Waals surface area contributed by atoms with Crippen molar-refractivity contribution in [3.63, 3.8) is 0 Å². The largest absolute Gasteiger partial charge is 0.513 e. The summed E-state index contributed by atoms with van der Waals surface area (Å²) in [5, 5.41) is 25.6. The van der Waals surface area contributed by atoms with Crippen LogP contribution in [0, 0.1) is 18.3 Å². The Kier molecular flexibility index (Phi) is 29.4. The molecule has 5 nitrogen and oxygen atoms in total. The second-order valence-electron chi connectivity index (χ2n) is 7.25. The van der Waals surface area contributed by atoms with Gasteiger partial charge >= 0.3 is 0 Å². The van der Waals surface area contributed by atoms with Gasteiger partial charge in [-0.2, -0.15) is 0 Å². The lowest BCUT2D eigenvalue weighted by Crippen LogP contribution is -2.17. The summed E-state index contributed by atoms with van der Waals surface area (Å²) in [5.41, 5.74) is 7.71. The zero-order chi connectivity index (χ0) is 27.0. The molecule has 0 bridgehead atoms. The van der Waals surface area contributed by atoms with E-state index in [1.165, 1.54) is 19.5 Å². The standard InChI is InChI=1S/C19H28O3.C3H5N.C3H8.C2H6.CH5N/c1-12(2)15(5)19(21)16(6)22-18-10-9-17(13(3)11-18)8-7-14(4)20;1-2-3-4;1-3-2;2*1-2/h9-12,16,20-21H,4,7-8H2,1-3,5-6H3;2-4H,1H2;3H2,1-2H3;1-2H3;2H2,1H3/b19-15+;;;;. The van der Waals surface area contributed by atoms with Crippen molar-refractivity contribution in [1.82, 2.24) is 0 Å². The first-order valence-corrected chi connectivity index (χ1v) is 11.8. The van der Waals surface area contributed by atoms with E-state index < -0.39 is 0 Å². The Balaban J connectivity index is -0.000000324. The molecule has 0 saturated carbocycles. The van der Waals surface area contributed by atoms with Gasteiger partial charge in [-0.05, 0) is 69.0 Å². The molecule has 0 spiro atoms. The first-order valence-electron chi connectivity index (χ1n) is 11.8. The number of nitrogens with two attached hydrogens (primary N) is 1. The first-order chi connectivity index (χ1) is 15.5. The van der Waals surface area contributed by atoms with Crippen LogP contribution in [0.5, 0.6) is 5.75 Å². The van der Waals surface area contributed by atoms with E-state index in [1.807, 2.05) is 66.7 Å². The number of ether oxygens (including phenoxy) is 1. The van der Waals surface area contributed by atoms with Gasteiger partial charge in [-0.25, -0.2) is 0 Å². The maximum atomic E-state index is 10.2. The molecule has 0 aliphatic rings. The van der Waals surface area contributed by atoms with Crippen LogP contribution in [0.15, 0.2) is 54.5 Å². The van der Waals surface area contributed by atoms with Gasteiger partial charge in [-0.3, -0.25) is 0 Å². The van der Waals surface area contributed by atoms with Gasteiger partial charge in [0, 0.05) is 12.6 Å². The molecule has 0 amide bonds. The molecule has 1 rings (SSSR count). The highest BCUT2D eigenvalue weighted by molar-refractivity contribution is 5.66. The van der Waals surface area contributed by atoms with Crippen LogP contribution in [0.3, 0.4) is 0 Å². The topological polar surface area (TPSA) is 99.6 Å². The van der Waals surface area contributed by atoms with Gasteiger partial charge in [0.15, 0.2) is 6.10 Å². The lowest BCUT2D eigenvalue weighted by atomic mass is 10.0. The third kappa shape index (κ3) is 21.1. The quantitative estimate of drug-likeness (QED) is 0.231. The summed E-state index contributed by atoms with van der Waals surface area (Å²) in [6.45, 7) is 24.9. The number of aryl methyl sites for hydroxylation is 2. The molecule has 5 N–H and O–H groups in total. The number of aliphatic hydroxyl groups excluding tert-OH is 2. The lowest BCUT2D eigenvalue weighted by molar-refractivity contribution is 0.186. The van der Waals surface area contributed by atoms with Crippen molar-refractivity contribution in [2.45, 2.75) is 87.7 Å². The van der Waals surface area contributed by atoms with Crippen molar-refractivity contribution in [1.29, 1.82) is 5.41 Å². The van der Waals surface area contributed by atoms with Crippen LogP contribution in [-0.2, 0) is 6.42 Å². The van der Waals surface area contributed by atoms with Gasteiger partial charge in [-0.1, -0.05) is 73.3 Å². The van der Waals surface area contributed by atoms with Crippen LogP contribution in [-0.4, -0.2) is 29.6 Å². The monoisotopic (exact) mass is 464 g/mol. The minimum Gasteiger partial charge on any atom is -0.513 e. The zero-order valence-electron chi connectivity index (χ0n) is 23.0. The molecule has 0 aliphatic carbocycles. The van der Waals surface area contributed by atoms with Crippen molar-refractivity contribution in [3.8, 4) is 5.75 Å². The molecule has 1 atom stereocenters. The lowest BCUT2D eigenvalue weighted by Gasteiger charge is -2.19. The van der Waals surface area contributed by atoms with Gasteiger partial charge in [0.2, 0.25) is 0 Å². The average molecular weight is 465 g/mol. The van der Waals surface area contributed by atoms with Gasteiger partial charge < -0.3 is 26.1 Å². The van der Waals surface area contributed by atoms with Gasteiger partial charge in [0.05, 0.1) is 5.76 Å². The number of benzene rings is 1. The molecule has 1 aromatic rings. The number of rotatable bonds is 8. The predicted octanol–water partition coefficient (Wildman–Crippen LogP) is 8.09. The van der Waals surface area contributed by atoms with E-state index in [2.05, 4.69) is 32.7 Å². The second-order valence-corrected chi connectivity index (χ2v) is 7.25. The predicted molar refractivity (Wildman–Crippen MR) is 148 cm³/mol. The summed E-state index contributed by atoms with van der Waals surface area (Å²) in [6, 6.07) is 5.86. The molecule has 1 aromatic carbocycles. The maximum Gasteiger partial charge on any atom is 0.152 e. The minimum atomic E-state index is -0.370. The van der Waals surface area contributed by atoms with E-state index in [4.69, 9.17) is 10.1 Å². The van der Waals surface area contributed by atoms with E-state index >= 15 is 0 Å². The van der Waals surface area contributed by atoms with Crippen LogP contribution < -0.4 is 10.5 Å². The Labute approximate surface area is 204 Å². The van der Waals surface area contributed by atoms with Crippen molar-refractivity contribution >= 4 is 6.21 Å². The molecule has 0 heterocycles. The second kappa shape index (κ2) is 25.7. The smallest absolute Gasteiger partial charge is 0.152 e. The van der Waals surface area contributed by atoms with Crippen LogP contribution in [0.4, 0.5) is 0 Å². The van der Waals surface area contributed by atoms with E-state index in [1.54, 1.807) is 0 Å². The number of hydrogen-bond donors (Lipinski definition) is 4. The van der Waals surface area contributed by atoms with Crippen LogP contribution in [0.25, 0.3) is 0 Å². The Hall–Kier alpha value is -2.53. The molecule has 5 heteroatoms. The molecule has 0 aliphatic heterocycles. The summed E-state index contributed by atoms with van der Waals surface area (Å²) in [7, 11) is 1.50.